The largest absolute Gasteiger partial charge is 0.341 e. The fraction of sp³-hybridized carbons (Fsp3) is 0.136. The van der Waals surface area contributed by atoms with Gasteiger partial charge in [0.15, 0.2) is 0 Å². The van der Waals surface area contributed by atoms with Crippen molar-refractivity contribution in [3.05, 3.63) is 81.8 Å². The van der Waals surface area contributed by atoms with Gasteiger partial charge in [-0.1, -0.05) is 48.4 Å². The van der Waals surface area contributed by atoms with Gasteiger partial charge >= 0.3 is 0 Å². The summed E-state index contributed by atoms with van der Waals surface area (Å²) in [4.78, 5) is 29.1. The number of hydrogen-bond donors (Lipinski definition) is 2. The Bertz CT molecular complexity index is 1010. The van der Waals surface area contributed by atoms with Crippen LogP contribution in [-0.4, -0.2) is 23.3 Å². The van der Waals surface area contributed by atoms with Crippen LogP contribution in [0.4, 0.5) is 5.69 Å². The normalized spacial score (nSPS) is 10.1. The quantitative estimate of drug-likeness (QED) is 0.609. The van der Waals surface area contributed by atoms with E-state index in [0.717, 1.165) is 11.4 Å². The number of anilines is 1. The van der Waals surface area contributed by atoms with Crippen LogP contribution in [0.2, 0.25) is 0 Å². The first-order chi connectivity index (χ1) is 13.7. The van der Waals surface area contributed by atoms with Gasteiger partial charge in [-0.25, -0.2) is 4.98 Å². The minimum Gasteiger partial charge on any atom is -0.341 e. The smallest absolute Gasteiger partial charge is 0.254 e. The van der Waals surface area contributed by atoms with Crippen LogP contribution in [0.5, 0.6) is 0 Å². The monoisotopic (exact) mass is 389 g/mol. The van der Waals surface area contributed by atoms with Crippen molar-refractivity contribution in [3.8, 4) is 12.3 Å². The maximum Gasteiger partial charge on any atom is 0.254 e. The molecule has 0 aliphatic carbocycles. The van der Waals surface area contributed by atoms with Crippen LogP contribution in [0.3, 0.4) is 0 Å². The van der Waals surface area contributed by atoms with Gasteiger partial charge in [0.1, 0.15) is 0 Å². The zero-order valence-corrected chi connectivity index (χ0v) is 16.0. The standard InChI is InChI=1S/C22H19N3O2S/c1-2-12-23-22(27)18-10-6-7-11-19(18)25-20(26)14-17-15-28-21(24-17)13-16-8-4-3-5-9-16/h1,3-11,15H,12-14H2,(H,23,27)(H,25,26). The van der Waals surface area contributed by atoms with Gasteiger partial charge in [0.2, 0.25) is 5.91 Å². The summed E-state index contributed by atoms with van der Waals surface area (Å²) in [5.41, 5.74) is 2.71. The lowest BCUT2D eigenvalue weighted by Gasteiger charge is -2.10. The Labute approximate surface area is 167 Å². The number of carbonyl (C=O) groups is 2. The van der Waals surface area contributed by atoms with Crippen LogP contribution in [0.1, 0.15) is 26.6 Å². The lowest BCUT2D eigenvalue weighted by molar-refractivity contribution is -0.115. The van der Waals surface area contributed by atoms with Gasteiger partial charge in [-0.15, -0.1) is 17.8 Å². The molecule has 0 fully saturated rings. The Hall–Kier alpha value is -3.43. The molecule has 2 aromatic carbocycles. The van der Waals surface area contributed by atoms with Crippen molar-refractivity contribution >= 4 is 28.8 Å². The number of rotatable bonds is 7. The summed E-state index contributed by atoms with van der Waals surface area (Å²) in [6, 6.07) is 16.9. The second-order valence-corrected chi connectivity index (χ2v) is 6.99. The Morgan fingerprint density at radius 1 is 1.07 bits per heavy atom. The molecule has 0 aliphatic rings. The number of thiazole rings is 1. The van der Waals surface area contributed by atoms with Crippen LogP contribution in [-0.2, 0) is 17.6 Å². The average Bonchev–Trinajstić information content (AvgIpc) is 3.13. The summed E-state index contributed by atoms with van der Waals surface area (Å²) in [6.45, 7) is 0.129. The van der Waals surface area contributed by atoms with Crippen LogP contribution in [0.15, 0.2) is 60.0 Å². The molecule has 0 saturated heterocycles. The van der Waals surface area contributed by atoms with Crippen LogP contribution in [0.25, 0.3) is 0 Å². The highest BCUT2D eigenvalue weighted by Gasteiger charge is 2.14. The second-order valence-electron chi connectivity index (χ2n) is 6.05. The van der Waals surface area contributed by atoms with Gasteiger partial charge in [0.05, 0.1) is 34.9 Å². The molecule has 140 valence electrons. The summed E-state index contributed by atoms with van der Waals surface area (Å²) in [6.07, 6.45) is 6.06. The molecule has 0 spiro atoms. The maximum atomic E-state index is 12.4. The molecule has 6 heteroatoms. The lowest BCUT2D eigenvalue weighted by atomic mass is 10.1. The van der Waals surface area contributed by atoms with Crippen molar-refractivity contribution in [1.29, 1.82) is 0 Å². The molecule has 1 aromatic heterocycles. The Morgan fingerprint density at radius 3 is 2.61 bits per heavy atom. The van der Waals surface area contributed by atoms with Gasteiger partial charge in [0.25, 0.3) is 5.91 Å². The van der Waals surface area contributed by atoms with E-state index in [-0.39, 0.29) is 24.8 Å². The maximum absolute atomic E-state index is 12.4. The molecule has 0 saturated carbocycles. The van der Waals surface area contributed by atoms with E-state index in [9.17, 15) is 9.59 Å². The summed E-state index contributed by atoms with van der Waals surface area (Å²) in [5, 5.41) is 8.24. The molecule has 0 atom stereocenters. The number of hydrogen-bond acceptors (Lipinski definition) is 4. The summed E-state index contributed by atoms with van der Waals surface area (Å²) in [5.74, 6) is 1.80. The Balaban J connectivity index is 1.62. The number of nitrogens with zero attached hydrogens (tertiary/aromatic N) is 1. The number of aromatic nitrogens is 1. The lowest BCUT2D eigenvalue weighted by Crippen LogP contribution is -2.25. The van der Waals surface area contributed by atoms with E-state index < -0.39 is 0 Å². The first-order valence-electron chi connectivity index (χ1n) is 8.73. The third-order valence-electron chi connectivity index (χ3n) is 3.94. The van der Waals surface area contributed by atoms with Crippen molar-refractivity contribution in [2.45, 2.75) is 12.8 Å². The number of amides is 2. The second kappa shape index (κ2) is 9.49. The molecule has 0 unspecified atom stereocenters. The van der Waals surface area contributed by atoms with Crippen molar-refractivity contribution in [2.24, 2.45) is 0 Å². The molecule has 0 radical (unpaired) electrons. The number of carbonyl (C=O) groups excluding carboxylic acids is 2. The summed E-state index contributed by atoms with van der Waals surface area (Å²) >= 11 is 1.54. The topological polar surface area (TPSA) is 71.1 Å². The van der Waals surface area contributed by atoms with E-state index in [1.54, 1.807) is 24.3 Å². The van der Waals surface area contributed by atoms with Crippen molar-refractivity contribution in [1.82, 2.24) is 10.3 Å². The summed E-state index contributed by atoms with van der Waals surface area (Å²) in [7, 11) is 0. The van der Waals surface area contributed by atoms with Crippen LogP contribution >= 0.6 is 11.3 Å². The van der Waals surface area contributed by atoms with E-state index in [1.165, 1.54) is 16.9 Å². The SMILES string of the molecule is C#CCNC(=O)c1ccccc1NC(=O)Cc1csc(Cc2ccccc2)n1. The molecule has 28 heavy (non-hydrogen) atoms. The first kappa shape index (κ1) is 19.3. The Kier molecular flexibility index (Phi) is 6.55. The summed E-state index contributed by atoms with van der Waals surface area (Å²) < 4.78 is 0. The number of nitrogens with one attached hydrogen (secondary N) is 2. The molecule has 0 bridgehead atoms. The van der Waals surface area contributed by atoms with Gasteiger partial charge in [-0.2, -0.15) is 0 Å². The molecule has 3 aromatic rings. The van der Waals surface area contributed by atoms with Crippen LogP contribution in [0, 0.1) is 12.3 Å². The number of terminal acetylenes is 1. The molecular weight excluding hydrogens is 370 g/mol. The van der Waals surface area contributed by atoms with Gasteiger partial charge in [0, 0.05) is 11.8 Å². The molecule has 3 rings (SSSR count). The van der Waals surface area contributed by atoms with E-state index in [1.807, 2.05) is 23.6 Å². The molecule has 5 nitrogen and oxygen atoms in total. The highest BCUT2D eigenvalue weighted by molar-refractivity contribution is 7.09. The first-order valence-corrected chi connectivity index (χ1v) is 9.61. The molecule has 0 aliphatic heterocycles. The van der Waals surface area contributed by atoms with Crippen molar-refractivity contribution in [3.63, 3.8) is 0 Å². The molecule has 1 heterocycles. The number of benzene rings is 2. The molecule has 2 N–H and O–H groups in total. The third kappa shape index (κ3) is 5.29. The highest BCUT2D eigenvalue weighted by atomic mass is 32.1. The van der Waals surface area contributed by atoms with Crippen molar-refractivity contribution < 1.29 is 9.59 Å². The van der Waals surface area contributed by atoms with E-state index >= 15 is 0 Å². The third-order valence-corrected chi connectivity index (χ3v) is 4.83. The fourth-order valence-corrected chi connectivity index (χ4v) is 3.49. The van der Waals surface area contributed by atoms with E-state index in [0.29, 0.717) is 16.9 Å². The average molecular weight is 389 g/mol. The van der Waals surface area contributed by atoms with Gasteiger partial charge in [-0.05, 0) is 17.7 Å². The minimum absolute atomic E-state index is 0.129. The molecule has 2 amide bonds. The predicted octanol–water partition coefficient (Wildman–Crippen LogP) is 3.28. The zero-order chi connectivity index (χ0) is 19.8. The molecular formula is C22H19N3O2S. The Morgan fingerprint density at radius 2 is 1.82 bits per heavy atom. The predicted molar refractivity (Wildman–Crippen MR) is 111 cm³/mol. The van der Waals surface area contributed by atoms with Crippen molar-refractivity contribution in [2.75, 3.05) is 11.9 Å². The zero-order valence-electron chi connectivity index (χ0n) is 15.1. The van der Waals surface area contributed by atoms with Crippen LogP contribution < -0.4 is 10.6 Å². The fourth-order valence-electron chi connectivity index (χ4n) is 2.66. The van der Waals surface area contributed by atoms with Gasteiger partial charge in [-0.3, -0.25) is 9.59 Å². The highest BCUT2D eigenvalue weighted by Crippen LogP contribution is 2.18. The van der Waals surface area contributed by atoms with E-state index in [4.69, 9.17) is 6.42 Å². The number of para-hydroxylation sites is 1. The minimum atomic E-state index is -0.326. The van der Waals surface area contributed by atoms with Gasteiger partial charge < -0.3 is 10.6 Å². The van der Waals surface area contributed by atoms with E-state index in [2.05, 4.69) is 33.7 Å².